The Hall–Kier alpha value is -1.11. The zero-order valence-electron chi connectivity index (χ0n) is 14.2. The van der Waals surface area contributed by atoms with Crippen molar-refractivity contribution < 1.29 is 14.6 Å². The molecule has 1 aromatic heterocycles. The maximum atomic E-state index is 12.8. The average molecular weight is 340 g/mol. The van der Waals surface area contributed by atoms with Crippen LogP contribution in [-0.2, 0) is 4.74 Å². The average Bonchev–Trinajstić information content (AvgIpc) is 3.00. The van der Waals surface area contributed by atoms with Crippen LogP contribution in [0.15, 0.2) is 17.5 Å². The van der Waals surface area contributed by atoms with Crippen molar-refractivity contribution in [1.29, 1.82) is 0 Å². The molecule has 0 aromatic carbocycles. The number of aliphatic hydroxyl groups is 1. The van der Waals surface area contributed by atoms with E-state index in [4.69, 9.17) is 4.74 Å². The second kappa shape index (κ2) is 8.66. The Kier molecular flexibility index (Phi) is 6.87. The van der Waals surface area contributed by atoms with Crippen molar-refractivity contribution >= 4 is 17.4 Å². The summed E-state index contributed by atoms with van der Waals surface area (Å²) in [4.78, 5) is 15.8. The molecule has 0 bridgehead atoms. The predicted octanol–water partition coefficient (Wildman–Crippen LogP) is 3.02. The van der Waals surface area contributed by atoms with Crippen molar-refractivity contribution in [2.75, 3.05) is 19.8 Å². The molecule has 2 amide bonds. The molecular formula is C17H28N2O3S. The third-order valence-electron chi connectivity index (χ3n) is 3.99. The zero-order valence-corrected chi connectivity index (χ0v) is 15.0. The number of rotatable bonds is 6. The summed E-state index contributed by atoms with van der Waals surface area (Å²) in [7, 11) is 0. The van der Waals surface area contributed by atoms with E-state index >= 15 is 0 Å². The molecule has 2 rings (SSSR count). The smallest absolute Gasteiger partial charge is 0.318 e. The van der Waals surface area contributed by atoms with E-state index in [2.05, 4.69) is 25.2 Å². The summed E-state index contributed by atoms with van der Waals surface area (Å²) in [6.07, 6.45) is 1.01. The summed E-state index contributed by atoms with van der Waals surface area (Å²) in [5.41, 5.74) is 0. The lowest BCUT2D eigenvalue weighted by molar-refractivity contribution is -0.00492. The number of aliphatic hydroxyl groups excluding tert-OH is 1. The third-order valence-corrected chi connectivity index (χ3v) is 4.98. The monoisotopic (exact) mass is 340 g/mol. The van der Waals surface area contributed by atoms with Gasteiger partial charge in [-0.1, -0.05) is 19.9 Å². The lowest BCUT2D eigenvalue weighted by atomic mass is 10.0. The van der Waals surface area contributed by atoms with Crippen LogP contribution in [0.1, 0.15) is 44.5 Å². The highest BCUT2D eigenvalue weighted by Gasteiger charge is 2.30. The van der Waals surface area contributed by atoms with Crippen LogP contribution >= 0.6 is 11.3 Å². The van der Waals surface area contributed by atoms with Gasteiger partial charge in [0.2, 0.25) is 0 Å². The van der Waals surface area contributed by atoms with Gasteiger partial charge < -0.3 is 20.1 Å². The minimum absolute atomic E-state index is 0.0394. The molecule has 1 saturated heterocycles. The van der Waals surface area contributed by atoms with E-state index in [1.54, 1.807) is 18.3 Å². The number of ether oxygens (including phenoxy) is 1. The molecule has 5 nitrogen and oxygen atoms in total. The van der Waals surface area contributed by atoms with Crippen molar-refractivity contribution in [1.82, 2.24) is 10.2 Å². The van der Waals surface area contributed by atoms with Gasteiger partial charge in [-0.25, -0.2) is 4.79 Å². The predicted molar refractivity (Wildman–Crippen MR) is 92.7 cm³/mol. The first-order valence-corrected chi connectivity index (χ1v) is 9.21. The van der Waals surface area contributed by atoms with Gasteiger partial charge in [-0.05, 0) is 37.1 Å². The highest BCUT2D eigenvalue weighted by molar-refractivity contribution is 7.10. The topological polar surface area (TPSA) is 61.8 Å². The van der Waals surface area contributed by atoms with Crippen LogP contribution in [0.4, 0.5) is 4.79 Å². The summed E-state index contributed by atoms with van der Waals surface area (Å²) in [6, 6.07) is 4.01. The highest BCUT2D eigenvalue weighted by atomic mass is 32.1. The van der Waals surface area contributed by atoms with Crippen LogP contribution < -0.4 is 5.32 Å². The Labute approximate surface area is 142 Å². The van der Waals surface area contributed by atoms with E-state index in [0.29, 0.717) is 32.1 Å². The lowest BCUT2D eigenvalue weighted by Crippen LogP contribution is -2.53. The third kappa shape index (κ3) is 5.48. The minimum Gasteiger partial charge on any atom is -0.393 e. The Morgan fingerprint density at radius 2 is 2.30 bits per heavy atom. The molecule has 6 heteroatoms. The molecule has 1 fully saturated rings. The number of carbonyl (C=O) groups excluding carboxylic acids is 1. The minimum atomic E-state index is -0.444. The molecular weight excluding hydrogens is 312 g/mol. The highest BCUT2D eigenvalue weighted by Crippen LogP contribution is 2.26. The Morgan fingerprint density at radius 3 is 2.91 bits per heavy atom. The quantitative estimate of drug-likeness (QED) is 0.837. The molecule has 1 aliphatic heterocycles. The van der Waals surface area contributed by atoms with Crippen LogP contribution in [0, 0.1) is 5.92 Å². The van der Waals surface area contributed by atoms with Crippen LogP contribution in [0.3, 0.4) is 0 Å². The Bertz CT molecular complexity index is 476. The molecule has 0 saturated carbocycles. The van der Waals surface area contributed by atoms with Gasteiger partial charge >= 0.3 is 6.03 Å². The largest absolute Gasteiger partial charge is 0.393 e. The van der Waals surface area contributed by atoms with Gasteiger partial charge in [0.05, 0.1) is 31.4 Å². The van der Waals surface area contributed by atoms with Crippen LogP contribution in [0.2, 0.25) is 0 Å². The van der Waals surface area contributed by atoms with E-state index in [0.717, 1.165) is 6.42 Å². The molecule has 0 radical (unpaired) electrons. The summed E-state index contributed by atoms with van der Waals surface area (Å²) < 4.78 is 5.47. The van der Waals surface area contributed by atoms with Crippen LogP contribution in [0.5, 0.6) is 0 Å². The van der Waals surface area contributed by atoms with E-state index in [9.17, 15) is 9.90 Å². The number of thiophene rings is 1. The second-order valence-corrected chi connectivity index (χ2v) is 7.63. The number of hydrogen-bond acceptors (Lipinski definition) is 4. The maximum absolute atomic E-state index is 12.8. The Morgan fingerprint density at radius 1 is 1.52 bits per heavy atom. The number of nitrogens with one attached hydrogen (secondary N) is 1. The molecule has 0 aliphatic carbocycles. The molecule has 3 atom stereocenters. The van der Waals surface area contributed by atoms with Crippen molar-refractivity contribution in [3.8, 4) is 0 Å². The Balaban J connectivity index is 2.04. The van der Waals surface area contributed by atoms with Crippen LogP contribution in [-0.4, -0.2) is 47.9 Å². The molecule has 0 spiro atoms. The molecule has 130 valence electrons. The van der Waals surface area contributed by atoms with Crippen molar-refractivity contribution in [2.45, 2.75) is 51.8 Å². The van der Waals surface area contributed by atoms with E-state index < -0.39 is 6.10 Å². The summed E-state index contributed by atoms with van der Waals surface area (Å²) in [6.45, 7) is 7.69. The SMILES string of the molecule is CC(C)C[C@H](NC(=O)N1CCOC[C@@H]1C[C@H](C)O)c1cccs1. The molecule has 0 unspecified atom stereocenters. The first-order chi connectivity index (χ1) is 11.0. The van der Waals surface area contributed by atoms with Crippen molar-refractivity contribution in [2.24, 2.45) is 5.92 Å². The van der Waals surface area contributed by atoms with Gasteiger partial charge in [-0.2, -0.15) is 0 Å². The lowest BCUT2D eigenvalue weighted by Gasteiger charge is -2.37. The summed E-state index contributed by atoms with van der Waals surface area (Å²) >= 11 is 1.68. The van der Waals surface area contributed by atoms with Crippen molar-refractivity contribution in [3.63, 3.8) is 0 Å². The number of hydrogen-bond donors (Lipinski definition) is 2. The number of amides is 2. The molecule has 1 aliphatic rings. The van der Waals surface area contributed by atoms with Gasteiger partial charge in [-0.3, -0.25) is 0 Å². The molecule has 2 heterocycles. The van der Waals surface area contributed by atoms with E-state index in [-0.39, 0.29) is 18.1 Å². The van der Waals surface area contributed by atoms with Gasteiger partial charge in [0.15, 0.2) is 0 Å². The number of morpholine rings is 1. The first kappa shape index (κ1) is 18.2. The fourth-order valence-electron chi connectivity index (χ4n) is 2.95. The normalized spacial score (nSPS) is 21.3. The van der Waals surface area contributed by atoms with Gasteiger partial charge in [0.1, 0.15) is 0 Å². The second-order valence-electron chi connectivity index (χ2n) is 6.65. The summed E-state index contributed by atoms with van der Waals surface area (Å²) in [5.74, 6) is 0.500. The van der Waals surface area contributed by atoms with Crippen molar-refractivity contribution in [3.05, 3.63) is 22.4 Å². The van der Waals surface area contributed by atoms with Gasteiger partial charge in [-0.15, -0.1) is 11.3 Å². The fraction of sp³-hybridized carbons (Fsp3) is 0.706. The van der Waals surface area contributed by atoms with E-state index in [1.165, 1.54) is 4.88 Å². The molecule has 2 N–H and O–H groups in total. The summed E-state index contributed by atoms with van der Waals surface area (Å²) in [5, 5.41) is 14.9. The molecule has 23 heavy (non-hydrogen) atoms. The molecule has 1 aromatic rings. The standard InChI is InChI=1S/C17H28N2O3S/c1-12(2)9-15(16-5-4-8-23-16)18-17(21)19-6-7-22-11-14(19)10-13(3)20/h4-5,8,12-15,20H,6-7,9-11H2,1-3H3,(H,18,21)/t13-,14-,15-/m0/s1. The van der Waals surface area contributed by atoms with Gasteiger partial charge in [0, 0.05) is 11.4 Å². The maximum Gasteiger partial charge on any atom is 0.318 e. The van der Waals surface area contributed by atoms with E-state index in [1.807, 2.05) is 16.3 Å². The number of carbonyl (C=O) groups is 1. The number of nitrogens with zero attached hydrogens (tertiary/aromatic N) is 1. The first-order valence-electron chi connectivity index (χ1n) is 8.33. The fourth-order valence-corrected chi connectivity index (χ4v) is 3.74. The van der Waals surface area contributed by atoms with Gasteiger partial charge in [0.25, 0.3) is 0 Å². The zero-order chi connectivity index (χ0) is 16.8. The van der Waals surface area contributed by atoms with Crippen LogP contribution in [0.25, 0.3) is 0 Å². The number of urea groups is 1.